The average Bonchev–Trinajstić information content (AvgIpc) is 2.51. The third-order valence-corrected chi connectivity index (χ3v) is 4.38. The largest absolute Gasteiger partial charge is 0.380 e. The molecule has 0 saturated carbocycles. The molecular weight excluding hydrogens is 284 g/mol. The van der Waals surface area contributed by atoms with Gasteiger partial charge < -0.3 is 10.1 Å². The minimum Gasteiger partial charge on any atom is -0.380 e. The van der Waals surface area contributed by atoms with E-state index < -0.39 is 0 Å². The summed E-state index contributed by atoms with van der Waals surface area (Å²) in [6, 6.07) is 8.35. The van der Waals surface area contributed by atoms with Crippen LogP contribution in [0, 0.1) is 0 Å². The number of nitrogens with one attached hydrogen (secondary N) is 1. The molecule has 1 saturated heterocycles. The van der Waals surface area contributed by atoms with Gasteiger partial charge in [-0.25, -0.2) is 0 Å². The highest BCUT2D eigenvalue weighted by molar-refractivity contribution is 6.35. The van der Waals surface area contributed by atoms with Gasteiger partial charge >= 0.3 is 0 Å². The SMILES string of the molecule is CCCC1CC(Nc2ccc(Cl)c3cccnc23)CCO1. The Morgan fingerprint density at radius 1 is 1.38 bits per heavy atom. The Kier molecular flexibility index (Phi) is 4.61. The molecule has 0 aliphatic carbocycles. The van der Waals surface area contributed by atoms with Crippen LogP contribution in [0.2, 0.25) is 5.02 Å². The van der Waals surface area contributed by atoms with Crippen molar-refractivity contribution in [2.24, 2.45) is 0 Å². The van der Waals surface area contributed by atoms with Crippen LogP contribution in [0.3, 0.4) is 0 Å². The van der Waals surface area contributed by atoms with Gasteiger partial charge in [0.1, 0.15) is 0 Å². The Bertz CT molecular complexity index is 615. The number of halogens is 1. The smallest absolute Gasteiger partial charge is 0.0948 e. The number of benzene rings is 1. The molecule has 0 radical (unpaired) electrons. The normalized spacial score (nSPS) is 22.4. The zero-order valence-corrected chi connectivity index (χ0v) is 13.1. The molecule has 2 atom stereocenters. The first-order chi connectivity index (χ1) is 10.3. The van der Waals surface area contributed by atoms with Crippen molar-refractivity contribution < 1.29 is 4.74 Å². The average molecular weight is 305 g/mol. The molecule has 0 spiro atoms. The van der Waals surface area contributed by atoms with Gasteiger partial charge in [-0.05, 0) is 43.5 Å². The number of hydrogen-bond donors (Lipinski definition) is 1. The van der Waals surface area contributed by atoms with Gasteiger partial charge in [0.2, 0.25) is 0 Å². The molecule has 3 nitrogen and oxygen atoms in total. The minimum atomic E-state index is 0.382. The molecule has 21 heavy (non-hydrogen) atoms. The lowest BCUT2D eigenvalue weighted by Gasteiger charge is -2.31. The molecule has 1 N–H and O–H groups in total. The fourth-order valence-corrected chi connectivity index (χ4v) is 3.22. The number of ether oxygens (including phenoxy) is 1. The molecule has 2 heterocycles. The van der Waals surface area contributed by atoms with Crippen LogP contribution >= 0.6 is 11.6 Å². The van der Waals surface area contributed by atoms with Crippen LogP contribution in [-0.2, 0) is 4.74 Å². The van der Waals surface area contributed by atoms with E-state index in [2.05, 4.69) is 17.2 Å². The summed E-state index contributed by atoms with van der Waals surface area (Å²) in [7, 11) is 0. The van der Waals surface area contributed by atoms with Crippen molar-refractivity contribution in [2.75, 3.05) is 11.9 Å². The molecular formula is C17H21ClN2O. The van der Waals surface area contributed by atoms with E-state index in [4.69, 9.17) is 16.3 Å². The predicted molar refractivity (Wildman–Crippen MR) is 88.0 cm³/mol. The van der Waals surface area contributed by atoms with E-state index in [0.29, 0.717) is 12.1 Å². The second-order valence-corrected chi connectivity index (χ2v) is 6.05. The van der Waals surface area contributed by atoms with Crippen molar-refractivity contribution >= 4 is 28.2 Å². The van der Waals surface area contributed by atoms with Gasteiger partial charge in [0.05, 0.1) is 22.3 Å². The second-order valence-electron chi connectivity index (χ2n) is 5.64. The molecule has 0 amide bonds. The number of hydrogen-bond acceptors (Lipinski definition) is 3. The van der Waals surface area contributed by atoms with Crippen LogP contribution < -0.4 is 5.32 Å². The van der Waals surface area contributed by atoms with Crippen LogP contribution in [0.1, 0.15) is 32.6 Å². The third-order valence-electron chi connectivity index (χ3n) is 4.05. The second kappa shape index (κ2) is 6.63. The Morgan fingerprint density at radius 3 is 3.14 bits per heavy atom. The quantitative estimate of drug-likeness (QED) is 0.893. The molecule has 0 bridgehead atoms. The first-order valence-corrected chi connectivity index (χ1v) is 8.07. The zero-order valence-electron chi connectivity index (χ0n) is 12.3. The van der Waals surface area contributed by atoms with E-state index >= 15 is 0 Å². The lowest BCUT2D eigenvalue weighted by Crippen LogP contribution is -2.34. The Morgan fingerprint density at radius 2 is 2.29 bits per heavy atom. The zero-order chi connectivity index (χ0) is 14.7. The number of rotatable bonds is 4. The molecule has 1 aromatic carbocycles. The monoisotopic (exact) mass is 304 g/mol. The van der Waals surface area contributed by atoms with Crippen LogP contribution in [0.25, 0.3) is 10.9 Å². The van der Waals surface area contributed by atoms with Crippen LogP contribution in [0.15, 0.2) is 30.5 Å². The van der Waals surface area contributed by atoms with E-state index in [1.165, 1.54) is 6.42 Å². The number of nitrogens with zero attached hydrogens (tertiary/aromatic N) is 1. The fraction of sp³-hybridized carbons (Fsp3) is 0.471. The maximum absolute atomic E-state index is 6.25. The van der Waals surface area contributed by atoms with Crippen molar-refractivity contribution in [3.63, 3.8) is 0 Å². The van der Waals surface area contributed by atoms with E-state index in [1.807, 2.05) is 30.5 Å². The minimum absolute atomic E-state index is 0.382. The lowest BCUT2D eigenvalue weighted by molar-refractivity contribution is 0.00599. The molecule has 1 fully saturated rings. The standard InChI is InChI=1S/C17H21ClN2O/c1-2-4-13-11-12(8-10-21-13)20-16-7-6-15(18)14-5-3-9-19-17(14)16/h3,5-7,9,12-13,20H,2,4,8,10-11H2,1H3. The summed E-state index contributed by atoms with van der Waals surface area (Å²) >= 11 is 6.25. The van der Waals surface area contributed by atoms with Gasteiger partial charge in [-0.15, -0.1) is 0 Å². The van der Waals surface area contributed by atoms with Crippen molar-refractivity contribution in [3.05, 3.63) is 35.5 Å². The van der Waals surface area contributed by atoms with E-state index in [9.17, 15) is 0 Å². The maximum atomic E-state index is 6.25. The van der Waals surface area contributed by atoms with E-state index in [1.54, 1.807) is 0 Å². The summed E-state index contributed by atoms with van der Waals surface area (Å²) in [4.78, 5) is 4.48. The number of pyridine rings is 1. The maximum Gasteiger partial charge on any atom is 0.0948 e. The Hall–Kier alpha value is -1.32. The summed E-state index contributed by atoms with van der Waals surface area (Å²) in [6.07, 6.45) is 6.60. The molecule has 1 aliphatic rings. The molecule has 1 aliphatic heterocycles. The summed E-state index contributed by atoms with van der Waals surface area (Å²) < 4.78 is 5.82. The molecule has 112 valence electrons. The number of anilines is 1. The van der Waals surface area contributed by atoms with Crippen LogP contribution in [-0.4, -0.2) is 23.7 Å². The molecule has 4 heteroatoms. The van der Waals surface area contributed by atoms with Gasteiger partial charge in [-0.2, -0.15) is 0 Å². The highest BCUT2D eigenvalue weighted by Gasteiger charge is 2.22. The number of aromatic nitrogens is 1. The van der Waals surface area contributed by atoms with Gasteiger partial charge in [0.15, 0.2) is 0 Å². The van der Waals surface area contributed by atoms with Gasteiger partial charge in [0, 0.05) is 24.2 Å². The first kappa shape index (κ1) is 14.6. The van der Waals surface area contributed by atoms with Crippen molar-refractivity contribution in [2.45, 2.75) is 44.8 Å². The Labute approximate surface area is 130 Å². The van der Waals surface area contributed by atoms with Crippen LogP contribution in [0.5, 0.6) is 0 Å². The van der Waals surface area contributed by atoms with Crippen molar-refractivity contribution in [3.8, 4) is 0 Å². The van der Waals surface area contributed by atoms with Gasteiger partial charge in [0.25, 0.3) is 0 Å². The van der Waals surface area contributed by atoms with Crippen molar-refractivity contribution in [1.82, 2.24) is 4.98 Å². The molecule has 2 aromatic rings. The molecule has 3 rings (SSSR count). The van der Waals surface area contributed by atoms with Gasteiger partial charge in [-0.3, -0.25) is 4.98 Å². The molecule has 2 unspecified atom stereocenters. The van der Waals surface area contributed by atoms with Crippen LogP contribution in [0.4, 0.5) is 5.69 Å². The first-order valence-electron chi connectivity index (χ1n) is 7.69. The summed E-state index contributed by atoms with van der Waals surface area (Å²) in [5, 5.41) is 5.39. The third kappa shape index (κ3) is 3.30. The van der Waals surface area contributed by atoms with E-state index in [-0.39, 0.29) is 0 Å². The summed E-state index contributed by atoms with van der Waals surface area (Å²) in [5.41, 5.74) is 2.01. The lowest BCUT2D eigenvalue weighted by atomic mass is 9.99. The fourth-order valence-electron chi connectivity index (χ4n) is 3.01. The van der Waals surface area contributed by atoms with Gasteiger partial charge in [-0.1, -0.05) is 24.9 Å². The predicted octanol–water partition coefficient (Wildman–Crippen LogP) is 4.65. The summed E-state index contributed by atoms with van der Waals surface area (Å²) in [6.45, 7) is 3.04. The molecule has 1 aromatic heterocycles. The Balaban J connectivity index is 1.80. The number of fused-ring (bicyclic) bond motifs is 1. The highest BCUT2D eigenvalue weighted by atomic mass is 35.5. The highest BCUT2D eigenvalue weighted by Crippen LogP contribution is 2.30. The topological polar surface area (TPSA) is 34.2 Å². The van der Waals surface area contributed by atoms with E-state index in [0.717, 1.165) is 47.5 Å². The van der Waals surface area contributed by atoms with Crippen molar-refractivity contribution in [1.29, 1.82) is 0 Å². The summed E-state index contributed by atoms with van der Waals surface area (Å²) in [5.74, 6) is 0.